The van der Waals surface area contributed by atoms with Crippen molar-refractivity contribution in [1.29, 1.82) is 0 Å². The summed E-state index contributed by atoms with van der Waals surface area (Å²) in [6, 6.07) is 15.6. The van der Waals surface area contributed by atoms with Crippen molar-refractivity contribution in [2.75, 3.05) is 0 Å². The van der Waals surface area contributed by atoms with Crippen LogP contribution in [-0.2, 0) is 28.9 Å². The van der Waals surface area contributed by atoms with E-state index in [4.69, 9.17) is 33.0 Å². The van der Waals surface area contributed by atoms with Crippen LogP contribution in [0.3, 0.4) is 0 Å². The number of hydrogen-bond acceptors (Lipinski definition) is 4. The number of carboxylic acids is 1. The second kappa shape index (κ2) is 12.2. The molecule has 1 amide bonds. The zero-order valence-electron chi connectivity index (χ0n) is 22.7. The molecule has 0 aliphatic heterocycles. The molecule has 0 spiro atoms. The standard InChI is InChI=1S/C30H26Cl2F3N3O4/c1-17-25(16-42-29(2,3)28(41)36-15-18-4-6-19(7-5-18)27(39)40)37-38(22-11-8-20(9-12-22)30(33,34)35)26(17)23-13-10-21(31)14-24(23)32/h4-14H,15-16H2,1-3H3,(H,36,41)(H,39,40). The lowest BCUT2D eigenvalue weighted by molar-refractivity contribution is -0.144. The molecule has 0 radical (unpaired) electrons. The minimum atomic E-state index is -4.49. The quantitative estimate of drug-likeness (QED) is 0.202. The first-order chi connectivity index (χ1) is 19.7. The highest BCUT2D eigenvalue weighted by atomic mass is 35.5. The lowest BCUT2D eigenvalue weighted by Gasteiger charge is -2.24. The highest BCUT2D eigenvalue weighted by Gasteiger charge is 2.31. The Bertz CT molecular complexity index is 1620. The molecular formula is C30H26Cl2F3N3O4. The predicted molar refractivity (Wildman–Crippen MR) is 153 cm³/mol. The van der Waals surface area contributed by atoms with Gasteiger partial charge in [0.2, 0.25) is 0 Å². The molecule has 0 aliphatic carbocycles. The van der Waals surface area contributed by atoms with Gasteiger partial charge in [-0.25, -0.2) is 9.48 Å². The fourth-order valence-corrected chi connectivity index (χ4v) is 4.63. The van der Waals surface area contributed by atoms with Gasteiger partial charge in [-0.3, -0.25) is 4.79 Å². The summed E-state index contributed by atoms with van der Waals surface area (Å²) < 4.78 is 47.0. The van der Waals surface area contributed by atoms with Crippen LogP contribution in [-0.4, -0.2) is 32.4 Å². The maximum atomic E-state index is 13.2. The molecule has 0 fully saturated rings. The van der Waals surface area contributed by atoms with Crippen molar-refractivity contribution >= 4 is 35.1 Å². The summed E-state index contributed by atoms with van der Waals surface area (Å²) in [4.78, 5) is 24.0. The first-order valence-electron chi connectivity index (χ1n) is 12.6. The lowest BCUT2D eigenvalue weighted by Crippen LogP contribution is -2.43. The molecule has 0 atom stereocenters. The minimum absolute atomic E-state index is 0.0919. The Hall–Kier alpha value is -3.86. The van der Waals surface area contributed by atoms with Crippen molar-refractivity contribution in [2.24, 2.45) is 0 Å². The number of carboxylic acid groups (broad SMARTS) is 1. The van der Waals surface area contributed by atoms with Gasteiger partial charge < -0.3 is 15.2 Å². The molecule has 220 valence electrons. The van der Waals surface area contributed by atoms with Crippen LogP contribution in [0.15, 0.2) is 66.7 Å². The number of halogens is 5. The van der Waals surface area contributed by atoms with Gasteiger partial charge in [-0.15, -0.1) is 0 Å². The van der Waals surface area contributed by atoms with Gasteiger partial charge in [0, 0.05) is 22.7 Å². The van der Waals surface area contributed by atoms with Crippen LogP contribution in [0.25, 0.3) is 16.9 Å². The van der Waals surface area contributed by atoms with Gasteiger partial charge in [-0.1, -0.05) is 35.3 Å². The van der Waals surface area contributed by atoms with Crippen LogP contribution < -0.4 is 5.32 Å². The summed E-state index contributed by atoms with van der Waals surface area (Å²) in [7, 11) is 0. The number of carbonyl (C=O) groups excluding carboxylic acids is 1. The topological polar surface area (TPSA) is 93.4 Å². The highest BCUT2D eigenvalue weighted by Crippen LogP contribution is 2.36. The number of nitrogens with zero attached hydrogens (tertiary/aromatic N) is 2. The van der Waals surface area contributed by atoms with E-state index in [0.717, 1.165) is 12.1 Å². The van der Waals surface area contributed by atoms with Gasteiger partial charge in [-0.2, -0.15) is 18.3 Å². The fraction of sp³-hybridized carbons (Fsp3) is 0.233. The lowest BCUT2D eigenvalue weighted by atomic mass is 10.1. The number of rotatable bonds is 9. The normalized spacial score (nSPS) is 11.9. The van der Waals surface area contributed by atoms with Crippen LogP contribution in [0.2, 0.25) is 10.0 Å². The molecule has 0 bridgehead atoms. The molecule has 4 rings (SSSR count). The number of amides is 1. The van der Waals surface area contributed by atoms with Crippen LogP contribution >= 0.6 is 23.2 Å². The molecule has 12 heteroatoms. The molecule has 0 aliphatic rings. The van der Waals surface area contributed by atoms with E-state index < -0.39 is 29.2 Å². The number of hydrogen-bond donors (Lipinski definition) is 2. The number of alkyl halides is 3. The van der Waals surface area contributed by atoms with E-state index in [0.29, 0.717) is 43.8 Å². The molecular weight excluding hydrogens is 594 g/mol. The second-order valence-electron chi connectivity index (χ2n) is 9.98. The molecule has 42 heavy (non-hydrogen) atoms. The molecule has 7 nitrogen and oxygen atoms in total. The summed E-state index contributed by atoms with van der Waals surface area (Å²) >= 11 is 12.6. The Morgan fingerprint density at radius 3 is 2.21 bits per heavy atom. The Kier molecular flexibility index (Phi) is 9.01. The first-order valence-corrected chi connectivity index (χ1v) is 13.4. The molecule has 3 aromatic carbocycles. The minimum Gasteiger partial charge on any atom is -0.478 e. The Morgan fingerprint density at radius 2 is 1.64 bits per heavy atom. The summed E-state index contributed by atoms with van der Waals surface area (Å²) in [6.45, 7) is 5.03. The molecule has 1 aromatic heterocycles. The third-order valence-corrected chi connectivity index (χ3v) is 7.16. The van der Waals surface area contributed by atoms with E-state index in [1.807, 2.05) is 0 Å². The van der Waals surface area contributed by atoms with Crippen LogP contribution in [0.1, 0.15) is 46.6 Å². The van der Waals surface area contributed by atoms with E-state index >= 15 is 0 Å². The second-order valence-corrected chi connectivity index (χ2v) is 10.8. The maximum absolute atomic E-state index is 13.2. The van der Waals surface area contributed by atoms with Crippen molar-refractivity contribution in [3.8, 4) is 16.9 Å². The van der Waals surface area contributed by atoms with Crippen molar-refractivity contribution in [3.63, 3.8) is 0 Å². The third kappa shape index (κ3) is 6.95. The average Bonchev–Trinajstić information content (AvgIpc) is 3.26. The van der Waals surface area contributed by atoms with Crippen LogP contribution in [0.5, 0.6) is 0 Å². The summed E-state index contributed by atoms with van der Waals surface area (Å²) in [5.41, 5.74) is 1.31. The zero-order chi connectivity index (χ0) is 30.8. The predicted octanol–water partition coefficient (Wildman–Crippen LogP) is 7.48. The van der Waals surface area contributed by atoms with Gasteiger partial charge in [0.05, 0.1) is 39.8 Å². The molecule has 0 saturated heterocycles. The number of benzene rings is 3. The van der Waals surface area contributed by atoms with Crippen molar-refractivity contribution in [2.45, 2.75) is 45.7 Å². The zero-order valence-corrected chi connectivity index (χ0v) is 24.2. The van der Waals surface area contributed by atoms with Crippen molar-refractivity contribution < 1.29 is 32.6 Å². The summed E-state index contributed by atoms with van der Waals surface area (Å²) in [5.74, 6) is -1.46. The van der Waals surface area contributed by atoms with Crippen LogP contribution in [0, 0.1) is 6.92 Å². The number of ether oxygens (including phenoxy) is 1. The van der Waals surface area contributed by atoms with E-state index in [-0.39, 0.29) is 18.7 Å². The first kappa shape index (κ1) is 31.1. The number of nitrogens with one attached hydrogen (secondary N) is 1. The Morgan fingerprint density at radius 1 is 1.00 bits per heavy atom. The van der Waals surface area contributed by atoms with E-state index in [2.05, 4.69) is 10.4 Å². The number of aromatic nitrogens is 2. The van der Waals surface area contributed by atoms with Crippen LogP contribution in [0.4, 0.5) is 13.2 Å². The van der Waals surface area contributed by atoms with Crippen molar-refractivity contribution in [3.05, 3.63) is 105 Å². The number of carbonyl (C=O) groups is 2. The van der Waals surface area contributed by atoms with Gasteiger partial charge >= 0.3 is 12.1 Å². The monoisotopic (exact) mass is 619 g/mol. The molecule has 4 aromatic rings. The summed E-state index contributed by atoms with van der Waals surface area (Å²) in [6.07, 6.45) is -4.49. The van der Waals surface area contributed by atoms with E-state index in [9.17, 15) is 22.8 Å². The fourth-order valence-electron chi connectivity index (χ4n) is 4.13. The van der Waals surface area contributed by atoms with Gasteiger partial charge in [0.15, 0.2) is 0 Å². The molecule has 0 unspecified atom stereocenters. The van der Waals surface area contributed by atoms with Gasteiger partial charge in [0.25, 0.3) is 5.91 Å². The van der Waals surface area contributed by atoms with E-state index in [1.54, 1.807) is 51.1 Å². The Labute approximate surface area is 249 Å². The number of aromatic carboxylic acids is 1. The third-order valence-electron chi connectivity index (χ3n) is 6.62. The highest BCUT2D eigenvalue weighted by molar-refractivity contribution is 6.36. The van der Waals surface area contributed by atoms with Gasteiger partial charge in [0.1, 0.15) is 5.60 Å². The maximum Gasteiger partial charge on any atom is 0.416 e. The smallest absolute Gasteiger partial charge is 0.416 e. The SMILES string of the molecule is Cc1c(COC(C)(C)C(=O)NCc2ccc(C(=O)O)cc2)nn(-c2ccc(C(F)(F)F)cc2)c1-c1ccc(Cl)cc1Cl. The molecule has 2 N–H and O–H groups in total. The van der Waals surface area contributed by atoms with E-state index in [1.165, 1.54) is 28.9 Å². The van der Waals surface area contributed by atoms with Gasteiger partial charge in [-0.05, 0) is 80.9 Å². The largest absolute Gasteiger partial charge is 0.478 e. The summed E-state index contributed by atoms with van der Waals surface area (Å²) in [5, 5.41) is 17.2. The average molecular weight is 620 g/mol. The molecule has 0 saturated carbocycles. The molecule has 1 heterocycles. The van der Waals surface area contributed by atoms with Crippen molar-refractivity contribution in [1.82, 2.24) is 15.1 Å². The Balaban J connectivity index is 1.58.